The fraction of sp³-hybridized carbons (Fsp3) is 0.348. The molecule has 31 heavy (non-hydrogen) atoms. The topological polar surface area (TPSA) is 77.0 Å². The number of ether oxygens (including phenoxy) is 2. The maximum absolute atomic E-state index is 12.7. The van der Waals surface area contributed by atoms with E-state index in [9.17, 15) is 9.59 Å². The van der Waals surface area contributed by atoms with E-state index in [2.05, 4.69) is 46.1 Å². The van der Waals surface area contributed by atoms with Gasteiger partial charge in [-0.3, -0.25) is 5.43 Å². The van der Waals surface area contributed by atoms with Crippen molar-refractivity contribution in [3.05, 3.63) is 69.2 Å². The van der Waals surface area contributed by atoms with Crippen molar-refractivity contribution in [1.29, 1.82) is 0 Å². The van der Waals surface area contributed by atoms with Crippen molar-refractivity contribution in [2.75, 3.05) is 13.7 Å². The van der Waals surface area contributed by atoms with Crippen LogP contribution < -0.4 is 5.43 Å². The van der Waals surface area contributed by atoms with Gasteiger partial charge in [-0.15, -0.1) is 0 Å². The standard InChI is InChI=1S/C23H27BrN2O4Si/c1-29-22(27)18-13-15(9-10-19(18)24)14-20-16-7-5-6-8-17(16)21(26-25-20)23(28)30-11-12-31(2,3)4/h5-10,13,21,26H,11-12,14H2,1-4H3/t21-/m0/s1. The second-order valence-corrected chi connectivity index (χ2v) is 15.1. The van der Waals surface area contributed by atoms with Crippen LogP contribution >= 0.6 is 15.9 Å². The van der Waals surface area contributed by atoms with Crippen LogP contribution in [-0.2, 0) is 20.7 Å². The molecule has 8 heteroatoms. The predicted octanol–water partition coefficient (Wildman–Crippen LogP) is 4.71. The third kappa shape index (κ3) is 5.83. The highest BCUT2D eigenvalue weighted by atomic mass is 79.9. The monoisotopic (exact) mass is 502 g/mol. The van der Waals surface area contributed by atoms with Crippen molar-refractivity contribution in [1.82, 2.24) is 5.43 Å². The summed E-state index contributed by atoms with van der Waals surface area (Å²) >= 11 is 3.39. The Labute approximate surface area is 192 Å². The fourth-order valence-electron chi connectivity index (χ4n) is 3.28. The number of hydrogen-bond acceptors (Lipinski definition) is 6. The van der Waals surface area contributed by atoms with Gasteiger partial charge in [0.05, 0.1) is 25.0 Å². The van der Waals surface area contributed by atoms with Gasteiger partial charge in [0.1, 0.15) is 0 Å². The quantitative estimate of drug-likeness (QED) is 0.438. The van der Waals surface area contributed by atoms with Gasteiger partial charge in [-0.25, -0.2) is 9.59 Å². The van der Waals surface area contributed by atoms with Gasteiger partial charge < -0.3 is 9.47 Å². The highest BCUT2D eigenvalue weighted by molar-refractivity contribution is 9.10. The van der Waals surface area contributed by atoms with E-state index in [1.807, 2.05) is 36.4 Å². The number of rotatable bonds is 7. The van der Waals surface area contributed by atoms with Crippen LogP contribution in [0.25, 0.3) is 0 Å². The summed E-state index contributed by atoms with van der Waals surface area (Å²) < 4.78 is 11.1. The maximum atomic E-state index is 12.7. The molecule has 0 fully saturated rings. The van der Waals surface area contributed by atoms with Gasteiger partial charge in [-0.2, -0.15) is 5.10 Å². The fourth-order valence-corrected chi connectivity index (χ4v) is 4.40. The Hall–Kier alpha value is -2.45. The lowest BCUT2D eigenvalue weighted by molar-refractivity contribution is -0.145. The van der Waals surface area contributed by atoms with E-state index >= 15 is 0 Å². The predicted molar refractivity (Wildman–Crippen MR) is 127 cm³/mol. The number of nitrogens with zero attached hydrogens (tertiary/aromatic N) is 1. The summed E-state index contributed by atoms with van der Waals surface area (Å²) in [5.41, 5.74) is 6.88. The summed E-state index contributed by atoms with van der Waals surface area (Å²) in [7, 11) is 0.0762. The first-order chi connectivity index (χ1) is 14.7. The number of fused-ring (bicyclic) bond motifs is 1. The van der Waals surface area contributed by atoms with Gasteiger partial charge in [0.25, 0.3) is 0 Å². The van der Waals surface area contributed by atoms with Gasteiger partial charge in [0.15, 0.2) is 6.04 Å². The Bertz CT molecular complexity index is 1020. The normalized spacial score (nSPS) is 15.4. The highest BCUT2D eigenvalue weighted by Gasteiger charge is 2.29. The zero-order chi connectivity index (χ0) is 22.6. The van der Waals surface area contributed by atoms with Gasteiger partial charge >= 0.3 is 11.9 Å². The van der Waals surface area contributed by atoms with Gasteiger partial charge in [0, 0.05) is 24.5 Å². The third-order valence-electron chi connectivity index (χ3n) is 5.05. The van der Waals surface area contributed by atoms with Crippen LogP contribution in [0.4, 0.5) is 0 Å². The zero-order valence-corrected chi connectivity index (χ0v) is 20.8. The molecule has 0 aliphatic carbocycles. The van der Waals surface area contributed by atoms with Crippen LogP contribution in [0.1, 0.15) is 33.1 Å². The van der Waals surface area contributed by atoms with E-state index in [0.29, 0.717) is 23.1 Å². The summed E-state index contributed by atoms with van der Waals surface area (Å²) in [6, 6.07) is 13.5. The smallest absolute Gasteiger partial charge is 0.339 e. The number of carbonyl (C=O) groups is 2. The number of benzene rings is 2. The lowest BCUT2D eigenvalue weighted by Crippen LogP contribution is -2.34. The first-order valence-electron chi connectivity index (χ1n) is 10.1. The molecular formula is C23H27BrN2O4Si. The lowest BCUT2D eigenvalue weighted by Gasteiger charge is -2.25. The molecule has 0 unspecified atom stereocenters. The Kier molecular flexibility index (Phi) is 7.33. The van der Waals surface area contributed by atoms with E-state index in [1.54, 1.807) is 6.07 Å². The van der Waals surface area contributed by atoms with Crippen LogP contribution in [0.2, 0.25) is 25.7 Å². The SMILES string of the molecule is COC(=O)c1cc(CC2=NN[C@H](C(=O)OCC[Si](C)(C)C)c3ccccc32)ccc1Br. The number of esters is 2. The summed E-state index contributed by atoms with van der Waals surface area (Å²) in [6.45, 7) is 7.18. The van der Waals surface area contributed by atoms with Crippen molar-refractivity contribution < 1.29 is 19.1 Å². The maximum Gasteiger partial charge on any atom is 0.339 e. The molecule has 1 heterocycles. The molecule has 1 aliphatic heterocycles. The molecule has 0 radical (unpaired) electrons. The molecule has 0 spiro atoms. The molecule has 0 saturated carbocycles. The van der Waals surface area contributed by atoms with Crippen molar-refractivity contribution in [2.24, 2.45) is 5.10 Å². The number of carbonyl (C=O) groups excluding carboxylic acids is 2. The molecule has 2 aromatic carbocycles. The lowest BCUT2D eigenvalue weighted by atomic mass is 9.92. The number of hydrazone groups is 1. The van der Waals surface area contributed by atoms with Gasteiger partial charge in [-0.1, -0.05) is 50.0 Å². The van der Waals surface area contributed by atoms with E-state index in [4.69, 9.17) is 9.47 Å². The van der Waals surface area contributed by atoms with Crippen molar-refractivity contribution >= 4 is 41.7 Å². The number of hydrogen-bond donors (Lipinski definition) is 1. The molecule has 0 amide bonds. The van der Waals surface area contributed by atoms with Crippen LogP contribution in [0.5, 0.6) is 0 Å². The summed E-state index contributed by atoms with van der Waals surface area (Å²) in [5.74, 6) is -0.718. The average molecular weight is 503 g/mol. The molecule has 0 aromatic heterocycles. The van der Waals surface area contributed by atoms with Crippen LogP contribution in [-0.4, -0.2) is 39.4 Å². The Morgan fingerprint density at radius 1 is 1.16 bits per heavy atom. The Balaban J connectivity index is 1.79. The molecule has 6 nitrogen and oxygen atoms in total. The highest BCUT2D eigenvalue weighted by Crippen LogP contribution is 2.27. The molecule has 3 rings (SSSR count). The Morgan fingerprint density at radius 3 is 2.61 bits per heavy atom. The summed E-state index contributed by atoms with van der Waals surface area (Å²) in [4.78, 5) is 24.7. The minimum Gasteiger partial charge on any atom is -0.465 e. The minimum atomic E-state index is -1.28. The van der Waals surface area contributed by atoms with E-state index in [0.717, 1.165) is 28.4 Å². The minimum absolute atomic E-state index is 0.315. The second kappa shape index (κ2) is 9.78. The molecule has 0 bridgehead atoms. The van der Waals surface area contributed by atoms with E-state index in [1.165, 1.54) is 7.11 Å². The molecule has 1 atom stereocenters. The Morgan fingerprint density at radius 2 is 1.90 bits per heavy atom. The first kappa shape index (κ1) is 23.2. The molecule has 2 aromatic rings. The van der Waals surface area contributed by atoms with Crippen LogP contribution in [0, 0.1) is 0 Å². The first-order valence-corrected chi connectivity index (χ1v) is 14.6. The third-order valence-corrected chi connectivity index (χ3v) is 7.45. The van der Waals surface area contributed by atoms with Crippen LogP contribution in [0.15, 0.2) is 52.0 Å². The van der Waals surface area contributed by atoms with Crippen molar-refractivity contribution in [3.8, 4) is 0 Å². The van der Waals surface area contributed by atoms with Gasteiger partial charge in [-0.05, 0) is 45.2 Å². The second-order valence-electron chi connectivity index (χ2n) is 8.67. The van der Waals surface area contributed by atoms with E-state index in [-0.39, 0.29) is 5.97 Å². The summed E-state index contributed by atoms with van der Waals surface area (Å²) in [5, 5.41) is 4.49. The van der Waals surface area contributed by atoms with Crippen molar-refractivity contribution in [3.63, 3.8) is 0 Å². The molecule has 1 N–H and O–H groups in total. The zero-order valence-electron chi connectivity index (χ0n) is 18.2. The van der Waals surface area contributed by atoms with Crippen LogP contribution in [0.3, 0.4) is 0 Å². The molecule has 1 aliphatic rings. The molecular weight excluding hydrogens is 476 g/mol. The number of methoxy groups -OCH3 is 1. The number of halogens is 1. The largest absolute Gasteiger partial charge is 0.465 e. The van der Waals surface area contributed by atoms with Gasteiger partial charge in [0.2, 0.25) is 0 Å². The van der Waals surface area contributed by atoms with Crippen molar-refractivity contribution in [2.45, 2.75) is 38.1 Å². The summed E-state index contributed by atoms with van der Waals surface area (Å²) in [6.07, 6.45) is 0.499. The molecule has 164 valence electrons. The molecule has 0 saturated heterocycles. The average Bonchev–Trinajstić information content (AvgIpc) is 2.73. The number of nitrogens with one attached hydrogen (secondary N) is 1. The van der Waals surface area contributed by atoms with E-state index < -0.39 is 20.1 Å².